The fraction of sp³-hybridized carbons (Fsp3) is 0.429. The van der Waals surface area contributed by atoms with E-state index in [1.807, 2.05) is 30.7 Å². The number of rotatable bonds is 4. The zero-order chi connectivity index (χ0) is 14.0. The van der Waals surface area contributed by atoms with E-state index >= 15 is 0 Å². The summed E-state index contributed by atoms with van der Waals surface area (Å²) in [5, 5.41) is 7.20. The lowest BCUT2D eigenvalue weighted by atomic mass is 10.2. The predicted octanol–water partition coefficient (Wildman–Crippen LogP) is 3.78. The molecule has 4 nitrogen and oxygen atoms in total. The van der Waals surface area contributed by atoms with E-state index in [1.165, 1.54) is 16.2 Å². The summed E-state index contributed by atoms with van der Waals surface area (Å²) in [7, 11) is 0. The van der Waals surface area contributed by atoms with Gasteiger partial charge in [0.15, 0.2) is 0 Å². The van der Waals surface area contributed by atoms with Crippen LogP contribution < -0.4 is 5.32 Å². The molecule has 0 aliphatic carbocycles. The minimum Gasteiger partial charge on any atom is -0.306 e. The molecule has 0 spiro atoms. The molecule has 0 radical (unpaired) electrons. The fourth-order valence-electron chi connectivity index (χ4n) is 1.80. The summed E-state index contributed by atoms with van der Waals surface area (Å²) >= 11 is 1.52. The topological polar surface area (TPSA) is 46.9 Å². The highest BCUT2D eigenvalue weighted by Gasteiger charge is 2.14. The molecule has 2 heterocycles. The zero-order valence-corrected chi connectivity index (χ0v) is 12.5. The largest absolute Gasteiger partial charge is 0.306 e. The fourth-order valence-corrected chi connectivity index (χ4v) is 2.73. The molecule has 2 rings (SSSR count). The second-order valence-electron chi connectivity index (χ2n) is 4.72. The number of carbonyl (C=O) groups excluding carboxylic acids is 1. The van der Waals surface area contributed by atoms with Crippen LogP contribution in [0.2, 0.25) is 0 Å². The quantitative estimate of drug-likeness (QED) is 0.924. The molecular weight excluding hydrogens is 258 g/mol. The third-order valence-electron chi connectivity index (χ3n) is 3.31. The van der Waals surface area contributed by atoms with Crippen LogP contribution in [-0.4, -0.2) is 15.7 Å². The van der Waals surface area contributed by atoms with Crippen LogP contribution in [0.1, 0.15) is 46.4 Å². The van der Waals surface area contributed by atoms with Crippen LogP contribution in [0.4, 0.5) is 5.82 Å². The Bertz CT molecular complexity index is 566. The first-order valence-electron chi connectivity index (χ1n) is 6.44. The molecule has 5 heteroatoms. The second kappa shape index (κ2) is 5.57. The Kier molecular flexibility index (Phi) is 4.04. The van der Waals surface area contributed by atoms with E-state index in [1.54, 1.807) is 6.20 Å². The van der Waals surface area contributed by atoms with Gasteiger partial charge in [-0.25, -0.2) is 4.68 Å². The Morgan fingerprint density at radius 1 is 1.53 bits per heavy atom. The predicted molar refractivity (Wildman–Crippen MR) is 79.0 cm³/mol. The maximum absolute atomic E-state index is 12.2. The normalized spacial score (nSPS) is 12.4. The molecule has 0 aromatic carbocycles. The van der Waals surface area contributed by atoms with Gasteiger partial charge in [-0.05, 0) is 38.8 Å². The number of nitrogens with one attached hydrogen (secondary N) is 1. The number of carbonyl (C=O) groups is 1. The van der Waals surface area contributed by atoms with Crippen molar-refractivity contribution in [1.29, 1.82) is 0 Å². The third-order valence-corrected chi connectivity index (χ3v) is 4.46. The highest BCUT2D eigenvalue weighted by atomic mass is 32.1. The highest BCUT2D eigenvalue weighted by molar-refractivity contribution is 7.14. The molecule has 2 aromatic heterocycles. The molecule has 1 amide bonds. The Morgan fingerprint density at radius 3 is 2.84 bits per heavy atom. The molecule has 1 atom stereocenters. The maximum Gasteiger partial charge on any atom is 0.266 e. The number of hydrogen-bond donors (Lipinski definition) is 1. The first kappa shape index (κ1) is 13.8. The number of nitrogens with zero attached hydrogens (tertiary/aromatic N) is 2. The van der Waals surface area contributed by atoms with Crippen molar-refractivity contribution in [2.75, 3.05) is 5.32 Å². The Morgan fingerprint density at radius 2 is 2.26 bits per heavy atom. The lowest BCUT2D eigenvalue weighted by molar-refractivity contribution is 0.102. The Hall–Kier alpha value is -1.62. The van der Waals surface area contributed by atoms with Gasteiger partial charge in [0.2, 0.25) is 0 Å². The van der Waals surface area contributed by atoms with Crippen molar-refractivity contribution in [3.05, 3.63) is 33.6 Å². The molecular formula is C14H19N3OS. The van der Waals surface area contributed by atoms with Crippen LogP contribution in [0.25, 0.3) is 0 Å². The standard InChI is InChI=1S/C14H19N3OS/c1-5-10(3)17-13(6-7-15-17)16-14(18)12-8-9(2)11(4)19-12/h6-8,10H,5H2,1-4H3,(H,16,18). The van der Waals surface area contributed by atoms with Gasteiger partial charge in [0, 0.05) is 10.9 Å². The van der Waals surface area contributed by atoms with Crippen LogP contribution in [0, 0.1) is 13.8 Å². The number of hydrogen-bond acceptors (Lipinski definition) is 3. The van der Waals surface area contributed by atoms with E-state index in [0.29, 0.717) is 0 Å². The molecule has 0 aliphatic rings. The summed E-state index contributed by atoms with van der Waals surface area (Å²) in [4.78, 5) is 14.1. The SMILES string of the molecule is CCC(C)n1nccc1NC(=O)c1cc(C)c(C)s1. The van der Waals surface area contributed by atoms with Gasteiger partial charge >= 0.3 is 0 Å². The number of aryl methyl sites for hydroxylation is 2. The molecule has 0 saturated heterocycles. The van der Waals surface area contributed by atoms with Crippen molar-refractivity contribution >= 4 is 23.1 Å². The minimum absolute atomic E-state index is 0.0637. The van der Waals surface area contributed by atoms with Crippen molar-refractivity contribution in [2.45, 2.75) is 40.2 Å². The molecule has 0 saturated carbocycles. The van der Waals surface area contributed by atoms with Gasteiger partial charge in [-0.2, -0.15) is 5.10 Å². The van der Waals surface area contributed by atoms with Crippen LogP contribution in [0.15, 0.2) is 18.3 Å². The molecule has 19 heavy (non-hydrogen) atoms. The first-order valence-corrected chi connectivity index (χ1v) is 7.26. The summed E-state index contributed by atoms with van der Waals surface area (Å²) in [5.41, 5.74) is 1.16. The Balaban J connectivity index is 2.17. The monoisotopic (exact) mass is 277 g/mol. The third kappa shape index (κ3) is 2.87. The number of amides is 1. The van der Waals surface area contributed by atoms with Crippen molar-refractivity contribution in [3.8, 4) is 0 Å². The number of anilines is 1. The van der Waals surface area contributed by atoms with Crippen LogP contribution in [0.3, 0.4) is 0 Å². The van der Waals surface area contributed by atoms with E-state index in [9.17, 15) is 4.79 Å². The smallest absolute Gasteiger partial charge is 0.266 e. The van der Waals surface area contributed by atoms with Gasteiger partial charge in [-0.15, -0.1) is 11.3 Å². The second-order valence-corrected chi connectivity index (χ2v) is 5.98. The maximum atomic E-state index is 12.2. The number of aromatic nitrogens is 2. The molecule has 102 valence electrons. The zero-order valence-electron chi connectivity index (χ0n) is 11.7. The average molecular weight is 277 g/mol. The van der Waals surface area contributed by atoms with E-state index in [-0.39, 0.29) is 11.9 Å². The Labute approximate surface area is 117 Å². The molecule has 0 bridgehead atoms. The van der Waals surface area contributed by atoms with Crippen LogP contribution in [-0.2, 0) is 0 Å². The van der Waals surface area contributed by atoms with Gasteiger partial charge in [0.1, 0.15) is 5.82 Å². The van der Waals surface area contributed by atoms with Gasteiger partial charge in [-0.1, -0.05) is 6.92 Å². The van der Waals surface area contributed by atoms with Gasteiger partial charge < -0.3 is 5.32 Å². The van der Waals surface area contributed by atoms with Crippen LogP contribution in [0.5, 0.6) is 0 Å². The van der Waals surface area contributed by atoms with Gasteiger partial charge in [-0.3, -0.25) is 4.79 Å². The van der Waals surface area contributed by atoms with E-state index in [0.717, 1.165) is 22.7 Å². The average Bonchev–Trinajstić information content (AvgIpc) is 2.96. The summed E-state index contributed by atoms with van der Waals surface area (Å²) in [5.74, 6) is 0.689. The molecule has 0 aliphatic heterocycles. The molecule has 1 unspecified atom stereocenters. The summed E-state index contributed by atoms with van der Waals surface area (Å²) < 4.78 is 1.85. The minimum atomic E-state index is -0.0637. The summed E-state index contributed by atoms with van der Waals surface area (Å²) in [6.07, 6.45) is 2.69. The lowest BCUT2D eigenvalue weighted by Gasteiger charge is -2.13. The lowest BCUT2D eigenvalue weighted by Crippen LogP contribution is -2.16. The summed E-state index contributed by atoms with van der Waals surface area (Å²) in [6.45, 7) is 8.23. The molecule has 1 N–H and O–H groups in total. The van der Waals surface area contributed by atoms with Crippen LogP contribution >= 0.6 is 11.3 Å². The van der Waals surface area contributed by atoms with E-state index in [4.69, 9.17) is 0 Å². The van der Waals surface area contributed by atoms with Crippen molar-refractivity contribution in [2.24, 2.45) is 0 Å². The van der Waals surface area contributed by atoms with Crippen molar-refractivity contribution in [3.63, 3.8) is 0 Å². The van der Waals surface area contributed by atoms with Crippen molar-refractivity contribution < 1.29 is 4.79 Å². The number of thiophene rings is 1. The first-order chi connectivity index (χ1) is 9.02. The van der Waals surface area contributed by atoms with Gasteiger partial charge in [0.05, 0.1) is 17.1 Å². The highest BCUT2D eigenvalue weighted by Crippen LogP contribution is 2.22. The summed E-state index contributed by atoms with van der Waals surface area (Å²) in [6, 6.07) is 4.04. The van der Waals surface area contributed by atoms with Crippen molar-refractivity contribution in [1.82, 2.24) is 9.78 Å². The molecule has 0 fully saturated rings. The molecule has 2 aromatic rings. The van der Waals surface area contributed by atoms with Gasteiger partial charge in [0.25, 0.3) is 5.91 Å². The van der Waals surface area contributed by atoms with E-state index in [2.05, 4.69) is 24.3 Å². The van der Waals surface area contributed by atoms with E-state index < -0.39 is 0 Å².